The number of halogens is 1. The Hall–Kier alpha value is -0.760. The summed E-state index contributed by atoms with van der Waals surface area (Å²) in [5, 5.41) is 14.8. The number of nitrogens with one attached hydrogen (secondary N) is 1. The molecule has 0 radical (unpaired) electrons. The van der Waals surface area contributed by atoms with Gasteiger partial charge in [-0.25, -0.2) is 4.98 Å². The Morgan fingerprint density at radius 2 is 2.43 bits per heavy atom. The number of pyridine rings is 1. The molecule has 0 saturated heterocycles. The Bertz CT molecular complexity index is 485. The van der Waals surface area contributed by atoms with Gasteiger partial charge in [0.25, 0.3) is 0 Å². The summed E-state index contributed by atoms with van der Waals surface area (Å²) in [6.07, 6.45) is 7.09. The number of thioether (sulfide) groups is 1. The lowest BCUT2D eigenvalue weighted by Crippen LogP contribution is -2.47. The molecule has 0 aliphatic heterocycles. The molecular weight excluding hydrogens is 302 g/mol. The molecule has 2 unspecified atom stereocenters. The van der Waals surface area contributed by atoms with Crippen molar-refractivity contribution in [2.24, 2.45) is 5.92 Å². The summed E-state index contributed by atoms with van der Waals surface area (Å²) in [6, 6.07) is 6.39. The molecule has 1 aliphatic rings. The minimum absolute atomic E-state index is 0.302. The molecule has 2 atom stereocenters. The van der Waals surface area contributed by atoms with Gasteiger partial charge in [0.15, 0.2) is 0 Å². The first-order valence-electron chi connectivity index (χ1n) is 7.61. The highest BCUT2D eigenvalue weighted by atomic mass is 35.5. The van der Waals surface area contributed by atoms with Crippen molar-refractivity contribution < 1.29 is 0 Å². The lowest BCUT2D eigenvalue weighted by atomic mass is 9.86. The zero-order chi connectivity index (χ0) is 15.1. The summed E-state index contributed by atoms with van der Waals surface area (Å²) in [6.45, 7) is 3.07. The van der Waals surface area contributed by atoms with Gasteiger partial charge in [0, 0.05) is 6.20 Å². The average Bonchev–Trinajstić information content (AvgIpc) is 2.91. The Kier molecular flexibility index (Phi) is 6.35. The molecule has 2 rings (SSSR count). The predicted molar refractivity (Wildman–Crippen MR) is 88.6 cm³/mol. The molecule has 1 fully saturated rings. The number of nitrogens with zero attached hydrogens (tertiary/aromatic N) is 2. The van der Waals surface area contributed by atoms with Crippen molar-refractivity contribution in [1.82, 2.24) is 10.3 Å². The summed E-state index contributed by atoms with van der Waals surface area (Å²) >= 11 is 7.58. The van der Waals surface area contributed by atoms with Crippen LogP contribution in [0.2, 0.25) is 5.02 Å². The van der Waals surface area contributed by atoms with Gasteiger partial charge in [-0.2, -0.15) is 5.26 Å². The molecule has 1 saturated carbocycles. The molecule has 114 valence electrons. The van der Waals surface area contributed by atoms with Crippen LogP contribution in [0.5, 0.6) is 0 Å². The molecule has 0 amide bonds. The van der Waals surface area contributed by atoms with Crippen molar-refractivity contribution in [3.63, 3.8) is 0 Å². The molecule has 0 bridgehead atoms. The standard InChI is InChI=1S/C16H22ClN3S/c1-2-9-20-16(12-18)8-3-4-13(16)7-10-21-15-6-5-14(17)11-19-15/h5-6,11,13,20H,2-4,7-10H2,1H3. The van der Waals surface area contributed by atoms with Crippen molar-refractivity contribution in [2.75, 3.05) is 12.3 Å². The van der Waals surface area contributed by atoms with Crippen molar-refractivity contribution in [1.29, 1.82) is 5.26 Å². The summed E-state index contributed by atoms with van der Waals surface area (Å²) in [5.41, 5.74) is -0.302. The zero-order valence-electron chi connectivity index (χ0n) is 12.4. The van der Waals surface area contributed by atoms with E-state index in [1.54, 1.807) is 18.0 Å². The number of nitriles is 1. The lowest BCUT2D eigenvalue weighted by Gasteiger charge is -2.29. The fourth-order valence-corrected chi connectivity index (χ4v) is 4.00. The number of aromatic nitrogens is 1. The summed E-state index contributed by atoms with van der Waals surface area (Å²) < 4.78 is 0. The molecule has 1 aromatic rings. The summed E-state index contributed by atoms with van der Waals surface area (Å²) in [4.78, 5) is 4.30. The number of hydrogen-bond acceptors (Lipinski definition) is 4. The molecule has 1 heterocycles. The van der Waals surface area contributed by atoms with Crippen LogP contribution in [-0.2, 0) is 0 Å². The SMILES string of the molecule is CCCNC1(C#N)CCCC1CCSc1ccc(Cl)cn1. The Balaban J connectivity index is 1.86. The van der Waals surface area contributed by atoms with Crippen LogP contribution in [0, 0.1) is 17.2 Å². The monoisotopic (exact) mass is 323 g/mol. The van der Waals surface area contributed by atoms with E-state index in [1.165, 1.54) is 0 Å². The third kappa shape index (κ3) is 4.35. The molecule has 0 spiro atoms. The normalized spacial score (nSPS) is 24.9. The van der Waals surface area contributed by atoms with E-state index in [1.807, 2.05) is 12.1 Å². The largest absolute Gasteiger partial charge is 0.299 e. The third-order valence-electron chi connectivity index (χ3n) is 4.13. The first-order valence-corrected chi connectivity index (χ1v) is 8.97. The van der Waals surface area contributed by atoms with Crippen LogP contribution in [0.15, 0.2) is 23.4 Å². The first-order chi connectivity index (χ1) is 10.2. The van der Waals surface area contributed by atoms with Crippen molar-refractivity contribution in [3.8, 4) is 6.07 Å². The van der Waals surface area contributed by atoms with Crippen LogP contribution >= 0.6 is 23.4 Å². The molecule has 0 aromatic carbocycles. The maximum absolute atomic E-state index is 9.61. The highest BCUT2D eigenvalue weighted by Crippen LogP contribution is 2.38. The van der Waals surface area contributed by atoms with E-state index in [0.717, 1.165) is 49.4 Å². The maximum Gasteiger partial charge on any atom is 0.109 e. The van der Waals surface area contributed by atoms with Gasteiger partial charge >= 0.3 is 0 Å². The Labute approximate surface area is 136 Å². The second-order valence-electron chi connectivity index (χ2n) is 5.55. The average molecular weight is 324 g/mol. The Morgan fingerprint density at radius 1 is 1.57 bits per heavy atom. The number of rotatable bonds is 7. The smallest absolute Gasteiger partial charge is 0.109 e. The minimum atomic E-state index is -0.302. The van der Waals surface area contributed by atoms with Crippen LogP contribution in [-0.4, -0.2) is 22.8 Å². The predicted octanol–water partition coefficient (Wildman–Crippen LogP) is 4.28. The van der Waals surface area contributed by atoms with E-state index < -0.39 is 0 Å². The van der Waals surface area contributed by atoms with Gasteiger partial charge in [-0.1, -0.05) is 24.9 Å². The van der Waals surface area contributed by atoms with E-state index >= 15 is 0 Å². The van der Waals surface area contributed by atoms with Crippen LogP contribution in [0.3, 0.4) is 0 Å². The van der Waals surface area contributed by atoms with Gasteiger partial charge in [0.1, 0.15) is 5.54 Å². The van der Waals surface area contributed by atoms with Crippen molar-refractivity contribution >= 4 is 23.4 Å². The zero-order valence-corrected chi connectivity index (χ0v) is 14.0. The summed E-state index contributed by atoms with van der Waals surface area (Å²) in [5.74, 6) is 1.45. The molecule has 5 heteroatoms. The van der Waals surface area contributed by atoms with Gasteiger partial charge < -0.3 is 0 Å². The third-order valence-corrected chi connectivity index (χ3v) is 5.33. The lowest BCUT2D eigenvalue weighted by molar-refractivity contribution is 0.311. The first kappa shape index (κ1) is 16.6. The highest BCUT2D eigenvalue weighted by Gasteiger charge is 2.42. The van der Waals surface area contributed by atoms with Gasteiger partial charge in [-0.3, -0.25) is 5.32 Å². The summed E-state index contributed by atoms with van der Waals surface area (Å²) in [7, 11) is 0. The van der Waals surface area contributed by atoms with Gasteiger partial charge in [0.2, 0.25) is 0 Å². The second-order valence-corrected chi connectivity index (χ2v) is 7.10. The van der Waals surface area contributed by atoms with Gasteiger partial charge in [-0.15, -0.1) is 11.8 Å². The van der Waals surface area contributed by atoms with Gasteiger partial charge in [0.05, 0.1) is 16.1 Å². The van der Waals surface area contributed by atoms with Crippen LogP contribution < -0.4 is 5.32 Å². The van der Waals surface area contributed by atoms with Crippen LogP contribution in [0.25, 0.3) is 0 Å². The van der Waals surface area contributed by atoms with Crippen LogP contribution in [0.4, 0.5) is 0 Å². The van der Waals surface area contributed by atoms with E-state index in [9.17, 15) is 5.26 Å². The minimum Gasteiger partial charge on any atom is -0.299 e. The topological polar surface area (TPSA) is 48.7 Å². The second kappa shape index (κ2) is 8.03. The molecular formula is C16H22ClN3S. The quantitative estimate of drug-likeness (QED) is 0.761. The molecule has 3 nitrogen and oxygen atoms in total. The molecule has 1 aliphatic carbocycles. The number of hydrogen-bond donors (Lipinski definition) is 1. The van der Waals surface area contributed by atoms with E-state index in [0.29, 0.717) is 10.9 Å². The van der Waals surface area contributed by atoms with Crippen molar-refractivity contribution in [2.45, 2.75) is 49.6 Å². The molecule has 21 heavy (non-hydrogen) atoms. The highest BCUT2D eigenvalue weighted by molar-refractivity contribution is 7.99. The maximum atomic E-state index is 9.61. The Morgan fingerprint density at radius 3 is 3.10 bits per heavy atom. The van der Waals surface area contributed by atoms with E-state index in [2.05, 4.69) is 23.3 Å². The van der Waals surface area contributed by atoms with Crippen LogP contribution in [0.1, 0.15) is 39.0 Å². The van der Waals surface area contributed by atoms with E-state index in [4.69, 9.17) is 11.6 Å². The fraction of sp³-hybridized carbons (Fsp3) is 0.625. The van der Waals surface area contributed by atoms with E-state index in [-0.39, 0.29) is 5.54 Å². The fourth-order valence-electron chi connectivity index (χ4n) is 2.99. The van der Waals surface area contributed by atoms with Gasteiger partial charge in [-0.05, 0) is 56.0 Å². The molecule has 1 aromatic heterocycles. The van der Waals surface area contributed by atoms with Crippen molar-refractivity contribution in [3.05, 3.63) is 23.4 Å². The molecule has 1 N–H and O–H groups in total.